The molecule has 0 aliphatic carbocycles. The molecule has 0 aromatic heterocycles. The standard InChI is InChI=1S/C31H64O5S/c1-4-7-10-13-16-19-22-25-28-31(35-37(33,34)36-32,29-26-23-20-17-14-11-8-5-2)30-27-24-21-18-15-12-9-6-3/h32H,4-30H2,1-3H3. The van der Waals surface area contributed by atoms with Gasteiger partial charge in [-0.25, -0.2) is 9.44 Å². The second-order valence-corrected chi connectivity index (χ2v) is 12.6. The van der Waals surface area contributed by atoms with Gasteiger partial charge < -0.3 is 0 Å². The first-order chi connectivity index (χ1) is 17.9. The number of hydrogen-bond donors (Lipinski definition) is 1. The Hall–Kier alpha value is -0.170. The van der Waals surface area contributed by atoms with Crippen LogP contribution in [-0.2, 0) is 18.9 Å². The van der Waals surface area contributed by atoms with E-state index in [0.717, 1.165) is 57.8 Å². The second-order valence-electron chi connectivity index (χ2n) is 11.4. The second kappa shape index (κ2) is 26.1. The van der Waals surface area contributed by atoms with Crippen molar-refractivity contribution in [2.24, 2.45) is 0 Å². The lowest BCUT2D eigenvalue weighted by Crippen LogP contribution is -2.36. The molecule has 0 aromatic rings. The molecule has 0 saturated carbocycles. The van der Waals surface area contributed by atoms with E-state index >= 15 is 0 Å². The van der Waals surface area contributed by atoms with Gasteiger partial charge in [0.05, 0.1) is 5.60 Å². The molecule has 0 aromatic carbocycles. The highest BCUT2D eigenvalue weighted by atomic mass is 32.3. The van der Waals surface area contributed by atoms with Crippen LogP contribution in [0.1, 0.15) is 194 Å². The predicted molar refractivity (Wildman–Crippen MR) is 158 cm³/mol. The van der Waals surface area contributed by atoms with Crippen LogP contribution >= 0.6 is 0 Å². The minimum absolute atomic E-state index is 0.720. The van der Waals surface area contributed by atoms with Crippen LogP contribution < -0.4 is 0 Å². The Balaban J connectivity index is 4.86. The average molecular weight is 549 g/mol. The van der Waals surface area contributed by atoms with E-state index in [1.807, 2.05) is 0 Å². The molecule has 0 saturated heterocycles. The number of hydrogen-bond acceptors (Lipinski definition) is 5. The summed E-state index contributed by atoms with van der Waals surface area (Å²) in [4.78, 5) is 0. The van der Waals surface area contributed by atoms with Crippen LogP contribution in [0.2, 0.25) is 0 Å². The molecule has 6 heteroatoms. The van der Waals surface area contributed by atoms with E-state index in [0.29, 0.717) is 0 Å². The van der Waals surface area contributed by atoms with Crippen molar-refractivity contribution in [3.8, 4) is 0 Å². The molecule has 37 heavy (non-hydrogen) atoms. The van der Waals surface area contributed by atoms with E-state index in [9.17, 15) is 8.42 Å². The number of unbranched alkanes of at least 4 members (excludes halogenated alkanes) is 21. The van der Waals surface area contributed by atoms with Crippen molar-refractivity contribution >= 4 is 10.4 Å². The Morgan fingerprint density at radius 1 is 0.459 bits per heavy atom. The molecular formula is C31H64O5S. The zero-order chi connectivity index (χ0) is 27.5. The van der Waals surface area contributed by atoms with Crippen LogP contribution in [0.15, 0.2) is 0 Å². The van der Waals surface area contributed by atoms with Gasteiger partial charge in [0.1, 0.15) is 0 Å². The van der Waals surface area contributed by atoms with Gasteiger partial charge in [-0.3, -0.25) is 0 Å². The largest absolute Gasteiger partial charge is 0.426 e. The molecule has 0 heterocycles. The molecule has 0 aliphatic heterocycles. The maximum absolute atomic E-state index is 12.2. The van der Waals surface area contributed by atoms with E-state index in [1.165, 1.54) is 116 Å². The highest BCUT2D eigenvalue weighted by molar-refractivity contribution is 7.81. The first kappa shape index (κ1) is 36.8. The summed E-state index contributed by atoms with van der Waals surface area (Å²) in [5, 5.41) is 8.98. The first-order valence-electron chi connectivity index (χ1n) is 16.2. The third-order valence-corrected chi connectivity index (χ3v) is 8.57. The highest BCUT2D eigenvalue weighted by Crippen LogP contribution is 2.35. The lowest BCUT2D eigenvalue weighted by molar-refractivity contribution is -0.152. The van der Waals surface area contributed by atoms with Gasteiger partial charge in [0, 0.05) is 0 Å². The van der Waals surface area contributed by atoms with Crippen molar-refractivity contribution in [2.45, 2.75) is 200 Å². The van der Waals surface area contributed by atoms with Gasteiger partial charge in [-0.15, -0.1) is 0 Å². The molecule has 0 amide bonds. The van der Waals surface area contributed by atoms with Gasteiger partial charge in [-0.05, 0) is 19.3 Å². The SMILES string of the molecule is CCCCCCCCCCC(CCCCCCCCCC)(CCCCCCCCCC)OS(=O)(=O)OO. The molecule has 0 bridgehead atoms. The fourth-order valence-electron chi connectivity index (χ4n) is 5.47. The fraction of sp³-hybridized carbons (Fsp3) is 1.00. The molecule has 0 atom stereocenters. The minimum atomic E-state index is -4.39. The lowest BCUT2D eigenvalue weighted by Gasteiger charge is -2.33. The molecule has 0 aliphatic rings. The van der Waals surface area contributed by atoms with Gasteiger partial charge in [-0.1, -0.05) is 179 Å². The van der Waals surface area contributed by atoms with Gasteiger partial charge >= 0.3 is 10.4 Å². The molecular weight excluding hydrogens is 484 g/mol. The molecule has 0 fully saturated rings. The van der Waals surface area contributed by atoms with Crippen molar-refractivity contribution in [3.05, 3.63) is 0 Å². The zero-order valence-electron chi connectivity index (χ0n) is 25.1. The summed E-state index contributed by atoms with van der Waals surface area (Å²) >= 11 is 0. The van der Waals surface area contributed by atoms with Crippen molar-refractivity contribution < 1.29 is 22.2 Å². The van der Waals surface area contributed by atoms with Crippen LogP contribution in [0.4, 0.5) is 0 Å². The van der Waals surface area contributed by atoms with Crippen LogP contribution in [0, 0.1) is 0 Å². The van der Waals surface area contributed by atoms with E-state index < -0.39 is 16.0 Å². The van der Waals surface area contributed by atoms with Gasteiger partial charge in [-0.2, -0.15) is 8.42 Å². The molecule has 5 nitrogen and oxygen atoms in total. The Labute approximate surface area is 232 Å². The predicted octanol–water partition coefficient (Wildman–Crippen LogP) is 11.1. The number of rotatable bonds is 30. The highest BCUT2D eigenvalue weighted by Gasteiger charge is 2.36. The monoisotopic (exact) mass is 548 g/mol. The molecule has 1 N–H and O–H groups in total. The van der Waals surface area contributed by atoms with Gasteiger partial charge in [0.15, 0.2) is 0 Å². The smallest absolute Gasteiger partial charge is 0.240 e. The van der Waals surface area contributed by atoms with E-state index in [1.54, 1.807) is 0 Å². The lowest BCUT2D eigenvalue weighted by atomic mass is 9.85. The summed E-state index contributed by atoms with van der Waals surface area (Å²) in [6, 6.07) is 0. The molecule has 0 radical (unpaired) electrons. The summed E-state index contributed by atoms with van der Waals surface area (Å²) in [6.07, 6.45) is 31.2. The average Bonchev–Trinajstić information content (AvgIpc) is 2.88. The van der Waals surface area contributed by atoms with Crippen molar-refractivity contribution in [3.63, 3.8) is 0 Å². The van der Waals surface area contributed by atoms with Crippen molar-refractivity contribution in [1.29, 1.82) is 0 Å². The topological polar surface area (TPSA) is 72.8 Å². The quantitative estimate of drug-likeness (QED) is 0.0549. The molecule has 224 valence electrons. The van der Waals surface area contributed by atoms with Gasteiger partial charge in [0.2, 0.25) is 0 Å². The summed E-state index contributed by atoms with van der Waals surface area (Å²) in [6.45, 7) is 6.72. The Bertz CT molecular complexity index is 514. The van der Waals surface area contributed by atoms with Crippen molar-refractivity contribution in [2.75, 3.05) is 0 Å². The van der Waals surface area contributed by atoms with E-state index in [-0.39, 0.29) is 0 Å². The first-order valence-corrected chi connectivity index (χ1v) is 17.6. The summed E-state index contributed by atoms with van der Waals surface area (Å²) < 4.78 is 33.9. The Morgan fingerprint density at radius 2 is 0.703 bits per heavy atom. The Morgan fingerprint density at radius 3 is 0.946 bits per heavy atom. The maximum Gasteiger partial charge on any atom is 0.426 e. The minimum Gasteiger partial charge on any atom is -0.240 e. The zero-order valence-corrected chi connectivity index (χ0v) is 25.9. The Kier molecular flexibility index (Phi) is 26.0. The van der Waals surface area contributed by atoms with Crippen LogP contribution in [0.3, 0.4) is 0 Å². The summed E-state index contributed by atoms with van der Waals surface area (Å²) in [7, 11) is -4.39. The van der Waals surface area contributed by atoms with Crippen LogP contribution in [0.25, 0.3) is 0 Å². The molecule has 0 spiro atoms. The van der Waals surface area contributed by atoms with E-state index in [4.69, 9.17) is 9.44 Å². The molecule has 0 unspecified atom stereocenters. The van der Waals surface area contributed by atoms with Gasteiger partial charge in [0.25, 0.3) is 0 Å². The maximum atomic E-state index is 12.2. The normalized spacial score (nSPS) is 12.4. The van der Waals surface area contributed by atoms with Crippen LogP contribution in [0.5, 0.6) is 0 Å². The van der Waals surface area contributed by atoms with E-state index in [2.05, 4.69) is 25.1 Å². The van der Waals surface area contributed by atoms with Crippen LogP contribution in [-0.4, -0.2) is 19.3 Å². The fourth-order valence-corrected chi connectivity index (χ4v) is 6.19. The van der Waals surface area contributed by atoms with Crippen molar-refractivity contribution in [1.82, 2.24) is 0 Å². The third-order valence-electron chi connectivity index (χ3n) is 7.83. The summed E-state index contributed by atoms with van der Waals surface area (Å²) in [5.74, 6) is 0. The molecule has 0 rings (SSSR count). The third kappa shape index (κ3) is 23.4. The summed E-state index contributed by atoms with van der Waals surface area (Å²) in [5.41, 5.74) is -0.756.